The number of aromatic amines is 1. The summed E-state index contributed by atoms with van der Waals surface area (Å²) >= 11 is 6.12. The maximum Gasteiger partial charge on any atom is 0.350 e. The molecule has 1 aliphatic heterocycles. The summed E-state index contributed by atoms with van der Waals surface area (Å²) in [7, 11) is 0. The minimum absolute atomic E-state index is 0.222. The van der Waals surface area contributed by atoms with Gasteiger partial charge in [-0.2, -0.15) is 5.10 Å². The number of ether oxygens (including phenoxy) is 2. The predicted molar refractivity (Wildman–Crippen MR) is 79.1 cm³/mol. The number of carbonyl (C=O) groups is 2. The van der Waals surface area contributed by atoms with Crippen molar-refractivity contribution in [1.82, 2.24) is 10.2 Å². The van der Waals surface area contributed by atoms with E-state index in [0.717, 1.165) is 10.9 Å². The standard InChI is InChI=1S/C14H12ClN3O4/c1-14(2)21-12(19)9(13(20)22-14)5-16-7-3-10(15)8-6-17-18-11(8)4-7/h3-6,16H,1-2H3,(H,17,18). The van der Waals surface area contributed by atoms with Crippen LogP contribution in [0.15, 0.2) is 30.1 Å². The molecule has 3 rings (SSSR count). The van der Waals surface area contributed by atoms with Crippen LogP contribution in [-0.2, 0) is 19.1 Å². The number of aromatic nitrogens is 2. The zero-order chi connectivity index (χ0) is 15.9. The fraction of sp³-hybridized carbons (Fsp3) is 0.214. The molecule has 1 aromatic heterocycles. The summed E-state index contributed by atoms with van der Waals surface area (Å²) in [4.78, 5) is 23.6. The average molecular weight is 322 g/mol. The molecular weight excluding hydrogens is 310 g/mol. The van der Waals surface area contributed by atoms with Gasteiger partial charge in [-0.25, -0.2) is 9.59 Å². The van der Waals surface area contributed by atoms with Gasteiger partial charge < -0.3 is 14.8 Å². The van der Waals surface area contributed by atoms with Crippen LogP contribution in [-0.4, -0.2) is 27.9 Å². The van der Waals surface area contributed by atoms with Crippen LogP contribution < -0.4 is 5.32 Å². The van der Waals surface area contributed by atoms with Gasteiger partial charge in [-0.1, -0.05) is 11.6 Å². The van der Waals surface area contributed by atoms with E-state index in [2.05, 4.69) is 15.5 Å². The van der Waals surface area contributed by atoms with E-state index in [1.165, 1.54) is 20.0 Å². The van der Waals surface area contributed by atoms with Crippen molar-refractivity contribution in [1.29, 1.82) is 0 Å². The van der Waals surface area contributed by atoms with Crippen LogP contribution in [0.25, 0.3) is 10.9 Å². The van der Waals surface area contributed by atoms with Gasteiger partial charge in [-0.3, -0.25) is 5.10 Å². The van der Waals surface area contributed by atoms with E-state index in [1.807, 2.05) is 0 Å². The Kier molecular flexibility index (Phi) is 3.29. The van der Waals surface area contributed by atoms with E-state index in [1.54, 1.807) is 18.3 Å². The van der Waals surface area contributed by atoms with E-state index >= 15 is 0 Å². The number of nitrogens with one attached hydrogen (secondary N) is 2. The van der Waals surface area contributed by atoms with Crippen molar-refractivity contribution in [3.05, 3.63) is 35.1 Å². The van der Waals surface area contributed by atoms with Gasteiger partial charge >= 0.3 is 11.9 Å². The quantitative estimate of drug-likeness (QED) is 0.501. The normalized spacial score (nSPS) is 17.1. The molecule has 2 N–H and O–H groups in total. The van der Waals surface area contributed by atoms with Crippen LogP contribution in [0.5, 0.6) is 0 Å². The molecule has 8 heteroatoms. The molecule has 7 nitrogen and oxygen atoms in total. The third kappa shape index (κ3) is 2.62. The molecule has 0 bridgehead atoms. The van der Waals surface area contributed by atoms with Gasteiger partial charge in [-0.15, -0.1) is 0 Å². The molecule has 0 spiro atoms. The first-order chi connectivity index (χ1) is 10.4. The number of cyclic esters (lactones) is 2. The van der Waals surface area contributed by atoms with Crippen molar-refractivity contribution >= 4 is 40.1 Å². The molecule has 1 aromatic carbocycles. The average Bonchev–Trinajstić information content (AvgIpc) is 2.85. The highest BCUT2D eigenvalue weighted by Crippen LogP contribution is 2.27. The third-order valence-electron chi connectivity index (χ3n) is 3.01. The fourth-order valence-corrected chi connectivity index (χ4v) is 2.29. The van der Waals surface area contributed by atoms with Crippen LogP contribution in [0, 0.1) is 0 Å². The lowest BCUT2D eigenvalue weighted by atomic mass is 10.2. The summed E-state index contributed by atoms with van der Waals surface area (Å²) in [6.07, 6.45) is 2.84. The number of benzene rings is 1. The van der Waals surface area contributed by atoms with E-state index in [9.17, 15) is 9.59 Å². The SMILES string of the molecule is CC1(C)OC(=O)C(=CNc2cc(Cl)c3cn[nH]c3c2)C(=O)O1. The minimum atomic E-state index is -1.26. The lowest BCUT2D eigenvalue weighted by Gasteiger charge is -2.29. The van der Waals surface area contributed by atoms with Gasteiger partial charge in [0.15, 0.2) is 5.57 Å². The number of halogens is 1. The Hall–Kier alpha value is -2.54. The number of rotatable bonds is 2. The van der Waals surface area contributed by atoms with Crippen LogP contribution in [0.2, 0.25) is 5.02 Å². The fourth-order valence-electron chi connectivity index (χ4n) is 2.03. The molecule has 1 fully saturated rings. The van der Waals surface area contributed by atoms with Gasteiger partial charge in [0.05, 0.1) is 16.7 Å². The molecule has 0 radical (unpaired) electrons. The van der Waals surface area contributed by atoms with Crippen molar-refractivity contribution in [3.63, 3.8) is 0 Å². The monoisotopic (exact) mass is 321 g/mol. The second-order valence-corrected chi connectivity index (χ2v) is 5.58. The van der Waals surface area contributed by atoms with Crippen molar-refractivity contribution in [3.8, 4) is 0 Å². The van der Waals surface area contributed by atoms with E-state index in [0.29, 0.717) is 10.7 Å². The number of hydrogen-bond donors (Lipinski definition) is 2. The topological polar surface area (TPSA) is 93.3 Å². The van der Waals surface area contributed by atoms with Crippen LogP contribution in [0.4, 0.5) is 5.69 Å². The minimum Gasteiger partial charge on any atom is -0.419 e. The molecule has 114 valence electrons. The summed E-state index contributed by atoms with van der Waals surface area (Å²) in [6, 6.07) is 3.40. The number of esters is 2. The summed E-state index contributed by atoms with van der Waals surface area (Å²) in [5.74, 6) is -2.76. The van der Waals surface area contributed by atoms with Gasteiger partial charge in [0.2, 0.25) is 0 Å². The van der Waals surface area contributed by atoms with Crippen molar-refractivity contribution in [2.45, 2.75) is 19.6 Å². The van der Waals surface area contributed by atoms with Crippen LogP contribution in [0.3, 0.4) is 0 Å². The Balaban J connectivity index is 1.86. The number of hydrogen-bond acceptors (Lipinski definition) is 6. The van der Waals surface area contributed by atoms with Crippen molar-refractivity contribution in [2.75, 3.05) is 5.32 Å². The highest BCUT2D eigenvalue weighted by atomic mass is 35.5. The molecule has 0 saturated carbocycles. The molecule has 0 amide bonds. The van der Waals surface area contributed by atoms with E-state index in [4.69, 9.17) is 21.1 Å². The highest BCUT2D eigenvalue weighted by Gasteiger charge is 2.38. The molecule has 1 aliphatic rings. The number of carbonyl (C=O) groups excluding carboxylic acids is 2. The third-order valence-corrected chi connectivity index (χ3v) is 3.32. The lowest BCUT2D eigenvalue weighted by molar-refractivity contribution is -0.222. The van der Waals surface area contributed by atoms with Crippen molar-refractivity contribution < 1.29 is 19.1 Å². The Labute approximate surface area is 130 Å². The molecule has 2 heterocycles. The molecule has 2 aromatic rings. The Morgan fingerprint density at radius 1 is 1.27 bits per heavy atom. The second-order valence-electron chi connectivity index (χ2n) is 5.17. The van der Waals surface area contributed by atoms with Crippen molar-refractivity contribution in [2.24, 2.45) is 0 Å². The van der Waals surface area contributed by atoms with Gasteiger partial charge in [0, 0.05) is 31.1 Å². The molecule has 0 aliphatic carbocycles. The van der Waals surface area contributed by atoms with Crippen LogP contribution >= 0.6 is 11.6 Å². The second kappa shape index (κ2) is 5.03. The van der Waals surface area contributed by atoms with E-state index < -0.39 is 17.7 Å². The molecule has 1 saturated heterocycles. The molecule has 22 heavy (non-hydrogen) atoms. The number of H-pyrrole nitrogens is 1. The maximum atomic E-state index is 11.8. The number of nitrogens with zero attached hydrogens (tertiary/aromatic N) is 1. The maximum absolute atomic E-state index is 11.8. The molecule has 0 unspecified atom stereocenters. The van der Waals surface area contributed by atoms with E-state index in [-0.39, 0.29) is 5.57 Å². The number of fused-ring (bicyclic) bond motifs is 1. The number of anilines is 1. The first kappa shape index (κ1) is 14.4. The Bertz CT molecular complexity index is 788. The van der Waals surface area contributed by atoms with Gasteiger partial charge in [0.25, 0.3) is 5.79 Å². The largest absolute Gasteiger partial charge is 0.419 e. The lowest BCUT2D eigenvalue weighted by Crippen LogP contribution is -2.42. The molecule has 0 atom stereocenters. The first-order valence-electron chi connectivity index (χ1n) is 6.42. The zero-order valence-electron chi connectivity index (χ0n) is 11.8. The van der Waals surface area contributed by atoms with Crippen LogP contribution in [0.1, 0.15) is 13.8 Å². The summed E-state index contributed by atoms with van der Waals surface area (Å²) in [5, 5.41) is 10.8. The van der Waals surface area contributed by atoms with Gasteiger partial charge in [-0.05, 0) is 12.1 Å². The Morgan fingerprint density at radius 3 is 2.64 bits per heavy atom. The summed E-state index contributed by atoms with van der Waals surface area (Å²) in [6.45, 7) is 2.97. The predicted octanol–water partition coefficient (Wildman–Crippen LogP) is 2.35. The first-order valence-corrected chi connectivity index (χ1v) is 6.79. The Morgan fingerprint density at radius 2 is 1.95 bits per heavy atom. The van der Waals surface area contributed by atoms with Gasteiger partial charge in [0.1, 0.15) is 0 Å². The highest BCUT2D eigenvalue weighted by molar-refractivity contribution is 6.35. The smallest absolute Gasteiger partial charge is 0.350 e. The zero-order valence-corrected chi connectivity index (χ0v) is 12.5. The summed E-state index contributed by atoms with van der Waals surface area (Å²) < 4.78 is 9.99. The summed E-state index contributed by atoms with van der Waals surface area (Å²) in [5.41, 5.74) is 1.09. The molecular formula is C14H12ClN3O4.